The molecule has 24 heavy (non-hydrogen) atoms. The van der Waals surface area contributed by atoms with Gasteiger partial charge in [-0.3, -0.25) is 0 Å². The third-order valence-corrected chi connectivity index (χ3v) is 6.60. The number of sulfonamides is 1. The van der Waals surface area contributed by atoms with Crippen molar-refractivity contribution in [1.29, 1.82) is 5.26 Å². The first-order chi connectivity index (χ1) is 11.5. The topological polar surface area (TPSA) is 64.4 Å². The fourth-order valence-electron chi connectivity index (χ4n) is 3.82. The molecule has 0 aromatic heterocycles. The second-order valence-corrected chi connectivity index (χ2v) is 8.80. The second-order valence-electron chi connectivity index (χ2n) is 6.91. The molecule has 0 amide bonds. The molecule has 1 aromatic carbocycles. The van der Waals surface area contributed by atoms with Crippen LogP contribution in [0.2, 0.25) is 0 Å². The summed E-state index contributed by atoms with van der Waals surface area (Å²) in [7, 11) is -3.15. The molecule has 0 radical (unpaired) electrons. The molecule has 130 valence electrons. The minimum absolute atomic E-state index is 0.119. The molecule has 1 heterocycles. The van der Waals surface area contributed by atoms with Gasteiger partial charge in [-0.15, -0.1) is 0 Å². The van der Waals surface area contributed by atoms with Crippen LogP contribution >= 0.6 is 0 Å². The molecule has 1 unspecified atom stereocenters. The number of benzene rings is 1. The summed E-state index contributed by atoms with van der Waals surface area (Å²) in [6.07, 6.45) is 7.28. The summed E-state index contributed by atoms with van der Waals surface area (Å²) in [5.41, 5.74) is 1.78. The van der Waals surface area contributed by atoms with Crippen LogP contribution in [0.5, 0.6) is 0 Å². The van der Waals surface area contributed by atoms with E-state index in [0.717, 1.165) is 57.3 Å². The SMILES string of the molecule is CS(=O)(=O)N(C1CCC1)C1CCCN(c2ccc(C#N)cc2)CC1. The van der Waals surface area contributed by atoms with Crippen LogP contribution in [0.4, 0.5) is 5.69 Å². The van der Waals surface area contributed by atoms with Crippen molar-refractivity contribution in [2.24, 2.45) is 0 Å². The van der Waals surface area contributed by atoms with Crippen molar-refractivity contribution in [1.82, 2.24) is 4.31 Å². The summed E-state index contributed by atoms with van der Waals surface area (Å²) in [5, 5.41) is 8.91. The fourth-order valence-corrected chi connectivity index (χ4v) is 5.32. The Morgan fingerprint density at radius 1 is 1.04 bits per heavy atom. The number of hydrogen-bond acceptors (Lipinski definition) is 4. The fraction of sp³-hybridized carbons (Fsp3) is 0.611. The highest BCUT2D eigenvalue weighted by molar-refractivity contribution is 7.88. The quantitative estimate of drug-likeness (QED) is 0.840. The normalized spacial score (nSPS) is 22.7. The summed E-state index contributed by atoms with van der Waals surface area (Å²) < 4.78 is 26.4. The third kappa shape index (κ3) is 3.73. The lowest BCUT2D eigenvalue weighted by molar-refractivity contribution is 0.164. The molecule has 5 nitrogen and oxygen atoms in total. The molecule has 1 aliphatic carbocycles. The lowest BCUT2D eigenvalue weighted by atomic mass is 9.91. The zero-order chi connectivity index (χ0) is 17.2. The van der Waals surface area contributed by atoms with Crippen LogP contribution < -0.4 is 4.90 Å². The number of anilines is 1. The number of nitrogens with zero attached hydrogens (tertiary/aromatic N) is 3. The molecule has 0 spiro atoms. The van der Waals surface area contributed by atoms with E-state index < -0.39 is 10.0 Å². The first-order valence-electron chi connectivity index (χ1n) is 8.72. The third-order valence-electron chi connectivity index (χ3n) is 5.24. The number of hydrogen-bond donors (Lipinski definition) is 0. The first kappa shape index (κ1) is 17.2. The molecule has 2 aliphatic rings. The molecule has 1 atom stereocenters. The van der Waals surface area contributed by atoms with Crippen molar-refractivity contribution in [2.45, 2.75) is 50.6 Å². The molecule has 3 rings (SSSR count). The van der Waals surface area contributed by atoms with Crippen molar-refractivity contribution in [3.8, 4) is 6.07 Å². The van der Waals surface area contributed by atoms with E-state index in [-0.39, 0.29) is 12.1 Å². The number of rotatable bonds is 4. The van der Waals surface area contributed by atoms with Gasteiger partial charge >= 0.3 is 0 Å². The summed E-state index contributed by atoms with van der Waals surface area (Å²) in [6, 6.07) is 10.1. The highest BCUT2D eigenvalue weighted by Crippen LogP contribution is 2.32. The highest BCUT2D eigenvalue weighted by atomic mass is 32.2. The van der Waals surface area contributed by atoms with Crippen LogP contribution in [0, 0.1) is 11.3 Å². The predicted molar refractivity (Wildman–Crippen MR) is 95.3 cm³/mol. The Morgan fingerprint density at radius 3 is 2.21 bits per heavy atom. The maximum atomic E-state index is 12.3. The Bertz CT molecular complexity index is 705. The van der Waals surface area contributed by atoms with Gasteiger partial charge in [0, 0.05) is 30.9 Å². The van der Waals surface area contributed by atoms with Crippen LogP contribution in [0.15, 0.2) is 24.3 Å². The standard InChI is InChI=1S/C18H25N3O2S/c1-24(22,23)21(17-4-2-5-17)18-6-3-12-20(13-11-18)16-9-7-15(14-19)8-10-16/h7-10,17-18H,2-6,11-13H2,1H3. The Morgan fingerprint density at radius 2 is 1.67 bits per heavy atom. The van der Waals surface area contributed by atoms with Crippen molar-refractivity contribution < 1.29 is 8.42 Å². The average Bonchev–Trinajstić information content (AvgIpc) is 2.75. The Balaban J connectivity index is 1.70. The average molecular weight is 347 g/mol. The summed E-state index contributed by atoms with van der Waals surface area (Å²) in [5.74, 6) is 0. The van der Waals surface area contributed by atoms with E-state index in [1.165, 1.54) is 6.26 Å². The minimum Gasteiger partial charge on any atom is -0.371 e. The van der Waals surface area contributed by atoms with E-state index in [1.807, 2.05) is 24.3 Å². The van der Waals surface area contributed by atoms with E-state index >= 15 is 0 Å². The Hall–Kier alpha value is -1.58. The lowest BCUT2D eigenvalue weighted by Gasteiger charge is -2.40. The molecule has 6 heteroatoms. The van der Waals surface area contributed by atoms with Gasteiger partial charge in [-0.25, -0.2) is 8.42 Å². The molecular formula is C18H25N3O2S. The van der Waals surface area contributed by atoms with E-state index in [2.05, 4.69) is 11.0 Å². The second kappa shape index (κ2) is 7.12. The molecule has 0 N–H and O–H groups in total. The molecule has 0 bridgehead atoms. The van der Waals surface area contributed by atoms with Crippen LogP contribution in [0.25, 0.3) is 0 Å². The molecular weight excluding hydrogens is 322 g/mol. The van der Waals surface area contributed by atoms with Crippen molar-refractivity contribution in [3.63, 3.8) is 0 Å². The maximum absolute atomic E-state index is 12.3. The smallest absolute Gasteiger partial charge is 0.211 e. The molecule has 1 aliphatic heterocycles. The predicted octanol–water partition coefficient (Wildman–Crippen LogP) is 2.73. The number of nitriles is 1. The molecule has 2 fully saturated rings. The van der Waals surface area contributed by atoms with Gasteiger partial charge in [0.15, 0.2) is 0 Å². The zero-order valence-electron chi connectivity index (χ0n) is 14.2. The molecule has 1 saturated carbocycles. The first-order valence-corrected chi connectivity index (χ1v) is 10.6. The summed E-state index contributed by atoms with van der Waals surface area (Å²) in [4.78, 5) is 2.31. The van der Waals surface area contributed by atoms with Crippen molar-refractivity contribution in [3.05, 3.63) is 29.8 Å². The van der Waals surface area contributed by atoms with Crippen LogP contribution in [0.3, 0.4) is 0 Å². The van der Waals surface area contributed by atoms with E-state index in [4.69, 9.17) is 5.26 Å². The molecule has 1 aromatic rings. The van der Waals surface area contributed by atoms with Crippen molar-refractivity contribution in [2.75, 3.05) is 24.2 Å². The van der Waals surface area contributed by atoms with E-state index in [9.17, 15) is 8.42 Å². The van der Waals surface area contributed by atoms with Gasteiger partial charge in [0.05, 0.1) is 17.9 Å². The summed E-state index contributed by atoms with van der Waals surface area (Å²) >= 11 is 0. The zero-order valence-corrected chi connectivity index (χ0v) is 15.0. The van der Waals surface area contributed by atoms with E-state index in [0.29, 0.717) is 5.56 Å². The van der Waals surface area contributed by atoms with Crippen molar-refractivity contribution >= 4 is 15.7 Å². The maximum Gasteiger partial charge on any atom is 0.211 e. The summed E-state index contributed by atoms with van der Waals surface area (Å²) in [6.45, 7) is 1.79. The lowest BCUT2D eigenvalue weighted by Crippen LogP contribution is -2.49. The Kier molecular flexibility index (Phi) is 5.12. The van der Waals surface area contributed by atoms with Crippen LogP contribution in [-0.2, 0) is 10.0 Å². The van der Waals surface area contributed by atoms with Gasteiger partial charge in [0.2, 0.25) is 10.0 Å². The minimum atomic E-state index is -3.15. The van der Waals surface area contributed by atoms with Gasteiger partial charge in [-0.1, -0.05) is 6.42 Å². The Labute approximate surface area is 144 Å². The van der Waals surface area contributed by atoms with Gasteiger partial charge in [-0.05, 0) is 56.4 Å². The van der Waals surface area contributed by atoms with Gasteiger partial charge in [-0.2, -0.15) is 9.57 Å². The van der Waals surface area contributed by atoms with Gasteiger partial charge in [0.1, 0.15) is 0 Å². The van der Waals surface area contributed by atoms with Crippen LogP contribution in [-0.4, -0.2) is 44.2 Å². The van der Waals surface area contributed by atoms with E-state index in [1.54, 1.807) is 4.31 Å². The van der Waals surface area contributed by atoms with Gasteiger partial charge in [0.25, 0.3) is 0 Å². The highest BCUT2D eigenvalue weighted by Gasteiger charge is 2.37. The monoisotopic (exact) mass is 347 g/mol. The van der Waals surface area contributed by atoms with Gasteiger partial charge < -0.3 is 4.90 Å². The van der Waals surface area contributed by atoms with Crippen LogP contribution in [0.1, 0.15) is 44.1 Å². The molecule has 1 saturated heterocycles. The largest absolute Gasteiger partial charge is 0.371 e.